The number of carbonyl (C=O) groups excluding carboxylic acids is 1. The van der Waals surface area contributed by atoms with Gasteiger partial charge in [0.25, 0.3) is 0 Å². The lowest BCUT2D eigenvalue weighted by molar-refractivity contribution is -0.133. The molecule has 4 nitrogen and oxygen atoms in total. The van der Waals surface area contributed by atoms with Crippen molar-refractivity contribution in [2.24, 2.45) is 0 Å². The molecule has 2 N–H and O–H groups in total. The number of hydrogen-bond donors (Lipinski definition) is 2. The number of carboxylic acids is 1. The van der Waals surface area contributed by atoms with Gasteiger partial charge in [-0.25, -0.2) is 4.79 Å². The van der Waals surface area contributed by atoms with Gasteiger partial charge in [0.1, 0.15) is 0 Å². The zero-order valence-corrected chi connectivity index (χ0v) is 11.4. The molecule has 0 aromatic carbocycles. The summed E-state index contributed by atoms with van der Waals surface area (Å²) in [6.45, 7) is 9.07. The third-order valence-corrected chi connectivity index (χ3v) is 3.63. The van der Waals surface area contributed by atoms with E-state index in [9.17, 15) is 9.59 Å². The fraction of sp³-hybridized carbons (Fsp3) is 0.692. The molecular weight excluding hydrogens is 218 g/mol. The largest absolute Gasteiger partial charge is 0.478 e. The summed E-state index contributed by atoms with van der Waals surface area (Å²) >= 11 is 0. The van der Waals surface area contributed by atoms with Crippen LogP contribution in [0.15, 0.2) is 11.1 Å². The topological polar surface area (TPSA) is 66.4 Å². The third-order valence-electron chi connectivity index (χ3n) is 3.63. The fourth-order valence-corrected chi connectivity index (χ4v) is 1.68. The Morgan fingerprint density at radius 2 is 1.41 bits per heavy atom. The van der Waals surface area contributed by atoms with Crippen LogP contribution in [0.3, 0.4) is 0 Å². The molecule has 0 saturated carbocycles. The number of aliphatic carboxylic acids is 1. The van der Waals surface area contributed by atoms with Gasteiger partial charge in [-0.3, -0.25) is 4.79 Å². The highest BCUT2D eigenvalue weighted by atomic mass is 16.4. The summed E-state index contributed by atoms with van der Waals surface area (Å²) in [6, 6.07) is 0. The number of amides is 1. The van der Waals surface area contributed by atoms with Crippen LogP contribution < -0.4 is 5.32 Å². The zero-order chi connectivity index (χ0) is 13.6. The molecule has 0 aliphatic carbocycles. The van der Waals surface area contributed by atoms with Gasteiger partial charge >= 0.3 is 5.97 Å². The maximum Gasteiger partial charge on any atom is 0.331 e. The van der Waals surface area contributed by atoms with E-state index in [1.54, 1.807) is 6.92 Å². The summed E-state index contributed by atoms with van der Waals surface area (Å²) in [5, 5.41) is 11.8. The summed E-state index contributed by atoms with van der Waals surface area (Å²) < 4.78 is 0. The van der Waals surface area contributed by atoms with Crippen molar-refractivity contribution < 1.29 is 14.7 Å². The minimum Gasteiger partial charge on any atom is -0.478 e. The van der Waals surface area contributed by atoms with Gasteiger partial charge in [-0.05, 0) is 33.1 Å². The number of carboxylic acid groups (broad SMARTS) is 1. The lowest BCUT2D eigenvalue weighted by Gasteiger charge is -2.32. The second kappa shape index (κ2) is 6.42. The molecule has 4 heteroatoms. The average molecular weight is 241 g/mol. The van der Waals surface area contributed by atoms with Gasteiger partial charge in [-0.2, -0.15) is 0 Å². The monoisotopic (exact) mass is 241 g/mol. The van der Waals surface area contributed by atoms with Gasteiger partial charge in [0, 0.05) is 16.7 Å². The van der Waals surface area contributed by atoms with E-state index in [0.29, 0.717) is 0 Å². The summed E-state index contributed by atoms with van der Waals surface area (Å²) in [7, 11) is 0. The molecule has 0 atom stereocenters. The zero-order valence-electron chi connectivity index (χ0n) is 11.4. The van der Waals surface area contributed by atoms with Crippen LogP contribution in [0.2, 0.25) is 0 Å². The molecule has 0 bridgehead atoms. The van der Waals surface area contributed by atoms with Crippen LogP contribution in [0.4, 0.5) is 0 Å². The van der Waals surface area contributed by atoms with Gasteiger partial charge in [0.2, 0.25) is 5.91 Å². The van der Waals surface area contributed by atoms with Crippen molar-refractivity contribution in [2.75, 3.05) is 0 Å². The molecule has 0 aromatic heterocycles. The van der Waals surface area contributed by atoms with Gasteiger partial charge in [0.15, 0.2) is 0 Å². The van der Waals surface area contributed by atoms with Crippen molar-refractivity contribution >= 4 is 11.9 Å². The van der Waals surface area contributed by atoms with E-state index in [1.165, 1.54) is 6.92 Å². The first kappa shape index (κ1) is 15.7. The van der Waals surface area contributed by atoms with Crippen LogP contribution >= 0.6 is 0 Å². The lowest BCUT2D eigenvalue weighted by atomic mass is 9.89. The highest BCUT2D eigenvalue weighted by Crippen LogP contribution is 2.20. The predicted molar refractivity (Wildman–Crippen MR) is 67.8 cm³/mol. The van der Waals surface area contributed by atoms with Crippen LogP contribution in [0.5, 0.6) is 0 Å². The van der Waals surface area contributed by atoms with Crippen LogP contribution in [0, 0.1) is 0 Å². The second-order valence-electron chi connectivity index (χ2n) is 4.35. The molecule has 0 unspecified atom stereocenters. The van der Waals surface area contributed by atoms with Crippen molar-refractivity contribution in [3.05, 3.63) is 11.1 Å². The number of nitrogens with one attached hydrogen (secondary N) is 1. The summed E-state index contributed by atoms with van der Waals surface area (Å²) in [4.78, 5) is 22.7. The third kappa shape index (κ3) is 3.88. The summed E-state index contributed by atoms with van der Waals surface area (Å²) in [5.41, 5.74) is 0.147. The molecule has 1 amide bonds. The lowest BCUT2D eigenvalue weighted by Crippen LogP contribution is -2.47. The first-order valence-electron chi connectivity index (χ1n) is 6.06. The van der Waals surface area contributed by atoms with Gasteiger partial charge in [-0.1, -0.05) is 20.8 Å². The Hall–Kier alpha value is -1.32. The SMILES string of the molecule is CCC(CC)(CC)NC(=O)C(C)=C(C)C(=O)O. The van der Waals surface area contributed by atoms with Crippen LogP contribution in [0.1, 0.15) is 53.9 Å². The van der Waals surface area contributed by atoms with E-state index in [-0.39, 0.29) is 22.6 Å². The molecule has 0 saturated heterocycles. The molecule has 0 aromatic rings. The van der Waals surface area contributed by atoms with E-state index >= 15 is 0 Å². The quantitative estimate of drug-likeness (QED) is 0.702. The smallest absolute Gasteiger partial charge is 0.331 e. The average Bonchev–Trinajstić information content (AvgIpc) is 2.33. The van der Waals surface area contributed by atoms with E-state index in [0.717, 1.165) is 19.3 Å². The van der Waals surface area contributed by atoms with Crippen LogP contribution in [0.25, 0.3) is 0 Å². The van der Waals surface area contributed by atoms with Crippen molar-refractivity contribution in [1.29, 1.82) is 0 Å². The molecule has 98 valence electrons. The Labute approximate surface area is 103 Å². The van der Waals surface area contributed by atoms with E-state index < -0.39 is 5.97 Å². The summed E-state index contributed by atoms with van der Waals surface area (Å²) in [5.74, 6) is -1.33. The minimum atomic E-state index is -1.05. The maximum absolute atomic E-state index is 11.9. The molecule has 0 rings (SSSR count). The number of rotatable bonds is 6. The molecule has 17 heavy (non-hydrogen) atoms. The van der Waals surface area contributed by atoms with Crippen molar-refractivity contribution in [3.8, 4) is 0 Å². The van der Waals surface area contributed by atoms with E-state index in [2.05, 4.69) is 5.32 Å². The predicted octanol–water partition coefficient (Wildman–Crippen LogP) is 2.49. The minimum absolute atomic E-state index is 0.0970. The van der Waals surface area contributed by atoms with Crippen molar-refractivity contribution in [3.63, 3.8) is 0 Å². The Morgan fingerprint density at radius 3 is 1.71 bits per heavy atom. The first-order valence-corrected chi connectivity index (χ1v) is 6.06. The highest BCUT2D eigenvalue weighted by molar-refractivity contribution is 6.01. The molecule has 0 fully saturated rings. The number of carbonyl (C=O) groups is 2. The van der Waals surface area contributed by atoms with Crippen molar-refractivity contribution in [2.45, 2.75) is 59.4 Å². The highest BCUT2D eigenvalue weighted by Gasteiger charge is 2.27. The van der Waals surface area contributed by atoms with E-state index in [1.807, 2.05) is 20.8 Å². The first-order chi connectivity index (χ1) is 7.83. The normalized spacial score (nSPS) is 13.0. The van der Waals surface area contributed by atoms with Crippen LogP contribution in [-0.2, 0) is 9.59 Å². The molecule has 0 spiro atoms. The maximum atomic E-state index is 11.9. The molecule has 0 aliphatic heterocycles. The van der Waals surface area contributed by atoms with E-state index in [4.69, 9.17) is 5.11 Å². The standard InChI is InChI=1S/C13H23NO3/c1-6-13(7-2,8-3)14-11(15)9(4)10(5)12(16)17/h6-8H2,1-5H3,(H,14,15)(H,16,17). The van der Waals surface area contributed by atoms with Gasteiger partial charge in [-0.15, -0.1) is 0 Å². The molecular formula is C13H23NO3. The van der Waals surface area contributed by atoms with Gasteiger partial charge in [0.05, 0.1) is 0 Å². The Bertz CT molecular complexity index is 319. The number of hydrogen-bond acceptors (Lipinski definition) is 2. The molecule has 0 heterocycles. The second-order valence-corrected chi connectivity index (χ2v) is 4.35. The molecule has 0 aliphatic rings. The Balaban J connectivity index is 4.98. The van der Waals surface area contributed by atoms with Crippen molar-refractivity contribution in [1.82, 2.24) is 5.32 Å². The summed E-state index contributed by atoms with van der Waals surface area (Å²) in [6.07, 6.45) is 2.52. The van der Waals surface area contributed by atoms with Crippen LogP contribution in [-0.4, -0.2) is 22.5 Å². The Morgan fingerprint density at radius 1 is 1.00 bits per heavy atom. The Kier molecular flexibility index (Phi) is 5.93. The molecule has 0 radical (unpaired) electrons. The van der Waals surface area contributed by atoms with Gasteiger partial charge < -0.3 is 10.4 Å². The fourth-order valence-electron chi connectivity index (χ4n) is 1.68.